The van der Waals surface area contributed by atoms with Gasteiger partial charge in [0.15, 0.2) is 0 Å². The molecule has 0 amide bonds. The van der Waals surface area contributed by atoms with Crippen molar-refractivity contribution in [3.63, 3.8) is 0 Å². The Morgan fingerprint density at radius 3 is 2.65 bits per heavy atom. The van der Waals surface area contributed by atoms with E-state index in [2.05, 4.69) is 6.07 Å². The minimum absolute atomic E-state index is 0.0398. The molecule has 0 unspecified atom stereocenters. The number of nitrogens with zero attached hydrogens (tertiary/aromatic N) is 2. The summed E-state index contributed by atoms with van der Waals surface area (Å²) in [7, 11) is -3.46. The maximum absolute atomic E-state index is 12.9. The first-order chi connectivity index (χ1) is 11.0. The van der Waals surface area contributed by atoms with Gasteiger partial charge in [-0.15, -0.1) is 0 Å². The standard InChI is InChI=1S/C18H16N2O2S/c19-11-14-4-3-5-15(10-14)12-23(21,22)20-13-18(8-9-18)16-6-1-2-7-17(16)20/h1-7,10H,8-9,12-13H2. The number of benzene rings is 2. The third kappa shape index (κ3) is 2.30. The van der Waals surface area contributed by atoms with E-state index in [9.17, 15) is 8.42 Å². The highest BCUT2D eigenvalue weighted by Gasteiger charge is 2.53. The van der Waals surface area contributed by atoms with E-state index in [4.69, 9.17) is 5.26 Å². The summed E-state index contributed by atoms with van der Waals surface area (Å²) in [6.07, 6.45) is 2.11. The highest BCUT2D eigenvalue weighted by Crippen LogP contribution is 2.57. The van der Waals surface area contributed by atoms with Gasteiger partial charge < -0.3 is 0 Å². The molecule has 2 aliphatic rings. The van der Waals surface area contributed by atoms with Crippen LogP contribution in [0.15, 0.2) is 48.5 Å². The van der Waals surface area contributed by atoms with Gasteiger partial charge in [0.1, 0.15) is 0 Å². The van der Waals surface area contributed by atoms with E-state index in [1.807, 2.05) is 24.3 Å². The van der Waals surface area contributed by atoms with Crippen molar-refractivity contribution in [1.29, 1.82) is 5.26 Å². The van der Waals surface area contributed by atoms with Gasteiger partial charge in [0.2, 0.25) is 10.0 Å². The van der Waals surface area contributed by atoms with Gasteiger partial charge in [-0.25, -0.2) is 8.42 Å². The fraction of sp³-hybridized carbons (Fsp3) is 0.278. The van der Waals surface area contributed by atoms with Crippen LogP contribution in [0.25, 0.3) is 0 Å². The molecule has 2 aromatic rings. The van der Waals surface area contributed by atoms with Crippen LogP contribution in [0.4, 0.5) is 5.69 Å². The van der Waals surface area contributed by atoms with E-state index in [1.165, 1.54) is 0 Å². The van der Waals surface area contributed by atoms with Crippen LogP contribution in [0, 0.1) is 11.3 Å². The number of fused-ring (bicyclic) bond motifs is 2. The molecule has 0 atom stereocenters. The molecule has 0 N–H and O–H groups in total. The predicted octanol–water partition coefficient (Wildman–Crippen LogP) is 2.94. The predicted molar refractivity (Wildman–Crippen MR) is 88.5 cm³/mol. The van der Waals surface area contributed by atoms with Gasteiger partial charge in [-0.2, -0.15) is 5.26 Å². The molecule has 4 rings (SSSR count). The van der Waals surface area contributed by atoms with E-state index in [-0.39, 0.29) is 11.2 Å². The lowest BCUT2D eigenvalue weighted by molar-refractivity contribution is 0.587. The second-order valence-corrected chi connectivity index (χ2v) is 8.27. The van der Waals surface area contributed by atoms with Crippen molar-refractivity contribution in [3.8, 4) is 6.07 Å². The Hall–Kier alpha value is -2.32. The van der Waals surface area contributed by atoms with E-state index < -0.39 is 10.0 Å². The van der Waals surface area contributed by atoms with Crippen LogP contribution >= 0.6 is 0 Å². The molecule has 23 heavy (non-hydrogen) atoms. The first-order valence-corrected chi connectivity index (χ1v) is 9.24. The number of para-hydroxylation sites is 1. The van der Waals surface area contributed by atoms with E-state index in [0.29, 0.717) is 17.7 Å². The second-order valence-electron chi connectivity index (χ2n) is 6.37. The zero-order chi connectivity index (χ0) is 16.1. The zero-order valence-electron chi connectivity index (χ0n) is 12.6. The molecule has 1 aliphatic heterocycles. The van der Waals surface area contributed by atoms with Gasteiger partial charge in [-0.05, 0) is 42.2 Å². The first-order valence-electron chi connectivity index (χ1n) is 7.63. The van der Waals surface area contributed by atoms with Gasteiger partial charge in [-0.3, -0.25) is 4.31 Å². The number of nitriles is 1. The minimum Gasteiger partial charge on any atom is -0.269 e. The molecule has 1 fully saturated rings. The molecule has 1 saturated carbocycles. The second kappa shape index (κ2) is 4.84. The van der Waals surface area contributed by atoms with Crippen LogP contribution in [0.3, 0.4) is 0 Å². The van der Waals surface area contributed by atoms with Gasteiger partial charge in [0.25, 0.3) is 0 Å². The van der Waals surface area contributed by atoms with E-state index in [0.717, 1.165) is 24.1 Å². The minimum atomic E-state index is -3.46. The van der Waals surface area contributed by atoms with Gasteiger partial charge in [0.05, 0.1) is 23.1 Å². The Bertz CT molecular complexity index is 924. The smallest absolute Gasteiger partial charge is 0.239 e. The van der Waals surface area contributed by atoms with Gasteiger partial charge >= 0.3 is 0 Å². The summed E-state index contributed by atoms with van der Waals surface area (Å²) >= 11 is 0. The Morgan fingerprint density at radius 2 is 1.91 bits per heavy atom. The average Bonchev–Trinajstić information content (AvgIpc) is 3.24. The molecular weight excluding hydrogens is 308 g/mol. The molecular formula is C18H16N2O2S. The van der Waals surface area contributed by atoms with E-state index in [1.54, 1.807) is 28.6 Å². The molecule has 1 heterocycles. The molecule has 2 aromatic carbocycles. The average molecular weight is 324 g/mol. The summed E-state index contributed by atoms with van der Waals surface area (Å²) in [5.74, 6) is -0.0765. The highest BCUT2D eigenvalue weighted by molar-refractivity contribution is 7.92. The lowest BCUT2D eigenvalue weighted by Crippen LogP contribution is -2.32. The SMILES string of the molecule is N#Cc1cccc(CS(=O)(=O)N2CC3(CC3)c3ccccc32)c1. The zero-order valence-corrected chi connectivity index (χ0v) is 13.4. The normalized spacial score (nSPS) is 17.8. The summed E-state index contributed by atoms with van der Waals surface area (Å²) in [5.41, 5.74) is 3.16. The van der Waals surface area contributed by atoms with Crippen molar-refractivity contribution in [2.75, 3.05) is 10.8 Å². The largest absolute Gasteiger partial charge is 0.269 e. The third-order valence-corrected chi connectivity index (χ3v) is 6.48. The molecule has 116 valence electrons. The van der Waals surface area contributed by atoms with Crippen LogP contribution in [0.1, 0.15) is 29.5 Å². The summed E-state index contributed by atoms with van der Waals surface area (Å²) < 4.78 is 27.4. The van der Waals surface area contributed by atoms with Crippen molar-refractivity contribution in [2.24, 2.45) is 0 Å². The van der Waals surface area contributed by atoms with Crippen molar-refractivity contribution in [3.05, 3.63) is 65.2 Å². The summed E-state index contributed by atoms with van der Waals surface area (Å²) in [4.78, 5) is 0. The molecule has 1 spiro atoms. The molecule has 0 aromatic heterocycles. The number of anilines is 1. The molecule has 0 saturated heterocycles. The first kappa shape index (κ1) is 14.3. The Balaban J connectivity index is 1.69. The maximum atomic E-state index is 12.9. The number of rotatable bonds is 3. The Labute approximate surface area is 136 Å². The van der Waals surface area contributed by atoms with Crippen molar-refractivity contribution >= 4 is 15.7 Å². The lowest BCUT2D eigenvalue weighted by Gasteiger charge is -2.20. The van der Waals surface area contributed by atoms with Crippen molar-refractivity contribution in [2.45, 2.75) is 24.0 Å². The number of hydrogen-bond donors (Lipinski definition) is 0. The van der Waals surface area contributed by atoms with Crippen LogP contribution < -0.4 is 4.31 Å². The number of hydrogen-bond acceptors (Lipinski definition) is 3. The topological polar surface area (TPSA) is 61.2 Å². The van der Waals surface area contributed by atoms with Crippen LogP contribution in [-0.2, 0) is 21.2 Å². The van der Waals surface area contributed by atoms with Crippen LogP contribution in [0.5, 0.6) is 0 Å². The van der Waals surface area contributed by atoms with Gasteiger partial charge in [0, 0.05) is 12.0 Å². The Kier molecular flexibility index (Phi) is 3.00. The lowest BCUT2D eigenvalue weighted by atomic mass is 9.99. The quantitative estimate of drug-likeness (QED) is 0.872. The third-order valence-electron chi connectivity index (χ3n) is 4.78. The van der Waals surface area contributed by atoms with Crippen LogP contribution in [0.2, 0.25) is 0 Å². The molecule has 5 heteroatoms. The molecule has 0 bridgehead atoms. The monoisotopic (exact) mass is 324 g/mol. The van der Waals surface area contributed by atoms with E-state index >= 15 is 0 Å². The van der Waals surface area contributed by atoms with Gasteiger partial charge in [-0.1, -0.05) is 30.3 Å². The van der Waals surface area contributed by atoms with Crippen molar-refractivity contribution in [1.82, 2.24) is 0 Å². The summed E-state index contributed by atoms with van der Waals surface area (Å²) in [6.45, 7) is 0.548. The number of sulfonamides is 1. The Morgan fingerprint density at radius 1 is 1.13 bits per heavy atom. The highest BCUT2D eigenvalue weighted by atomic mass is 32.2. The fourth-order valence-corrected chi connectivity index (χ4v) is 5.09. The summed E-state index contributed by atoms with van der Waals surface area (Å²) in [6, 6.07) is 16.7. The maximum Gasteiger partial charge on any atom is 0.239 e. The van der Waals surface area contributed by atoms with Crippen LogP contribution in [-0.4, -0.2) is 15.0 Å². The molecule has 0 radical (unpaired) electrons. The fourth-order valence-electron chi connectivity index (χ4n) is 3.43. The molecule has 1 aliphatic carbocycles. The summed E-state index contributed by atoms with van der Waals surface area (Å²) in [5, 5.41) is 8.97. The molecule has 4 nitrogen and oxygen atoms in total. The van der Waals surface area contributed by atoms with Crippen molar-refractivity contribution < 1.29 is 8.42 Å².